The van der Waals surface area contributed by atoms with Crippen molar-refractivity contribution in [1.29, 1.82) is 0 Å². The van der Waals surface area contributed by atoms with E-state index in [1.807, 2.05) is 29.8 Å². The van der Waals surface area contributed by atoms with Crippen LogP contribution in [0.25, 0.3) is 11.0 Å². The molecule has 6 heteroatoms. The van der Waals surface area contributed by atoms with E-state index >= 15 is 0 Å². The van der Waals surface area contributed by atoms with Crippen molar-refractivity contribution < 1.29 is 9.90 Å². The summed E-state index contributed by atoms with van der Waals surface area (Å²) in [5.74, 6) is -0.177. The highest BCUT2D eigenvalue weighted by molar-refractivity contribution is 7.15. The van der Waals surface area contributed by atoms with Crippen molar-refractivity contribution in [3.63, 3.8) is 0 Å². The Hall–Kier alpha value is -2.08. The molecule has 0 atom stereocenters. The van der Waals surface area contributed by atoms with Crippen LogP contribution in [0.3, 0.4) is 0 Å². The van der Waals surface area contributed by atoms with E-state index in [9.17, 15) is 4.79 Å². The summed E-state index contributed by atoms with van der Waals surface area (Å²) in [5.41, 5.74) is 1.82. The fourth-order valence-electron chi connectivity index (χ4n) is 1.99. The van der Waals surface area contributed by atoms with E-state index in [0.29, 0.717) is 6.54 Å². The average molecular weight is 291 g/mol. The van der Waals surface area contributed by atoms with Gasteiger partial charge in [0, 0.05) is 30.7 Å². The summed E-state index contributed by atoms with van der Waals surface area (Å²) in [4.78, 5) is 18.3. The number of hydrogen-bond donors (Lipinski definition) is 1. The smallest absolute Gasteiger partial charge is 0.328 e. The quantitative estimate of drug-likeness (QED) is 0.657. The van der Waals surface area contributed by atoms with Gasteiger partial charge in [-0.3, -0.25) is 4.40 Å². The maximum absolute atomic E-state index is 10.8. The van der Waals surface area contributed by atoms with Gasteiger partial charge in [0.25, 0.3) is 0 Å². The normalized spacial score (nSPS) is 11.3. The van der Waals surface area contributed by atoms with Crippen LogP contribution in [0, 0.1) is 0 Å². The summed E-state index contributed by atoms with van der Waals surface area (Å²) in [5, 5.41) is 10.8. The minimum Gasteiger partial charge on any atom is -0.478 e. The maximum atomic E-state index is 10.8. The molecule has 0 saturated carbocycles. The Morgan fingerprint density at radius 1 is 1.65 bits per heavy atom. The summed E-state index contributed by atoms with van der Waals surface area (Å²) in [7, 11) is 0. The zero-order chi connectivity index (χ0) is 14.7. The molecule has 2 rings (SSSR count). The molecule has 2 heterocycles. The van der Waals surface area contributed by atoms with Gasteiger partial charge in [0.2, 0.25) is 0 Å². The topological polar surface area (TPSA) is 57.8 Å². The summed E-state index contributed by atoms with van der Waals surface area (Å²) in [6.07, 6.45) is 4.62. The number of anilines is 1. The third-order valence-corrected chi connectivity index (χ3v) is 3.56. The van der Waals surface area contributed by atoms with Crippen molar-refractivity contribution in [3.8, 4) is 0 Å². The second-order valence-corrected chi connectivity index (χ2v) is 5.39. The lowest BCUT2D eigenvalue weighted by Crippen LogP contribution is -2.25. The molecule has 2 aromatic rings. The van der Waals surface area contributed by atoms with Crippen molar-refractivity contribution in [2.75, 3.05) is 18.0 Å². The van der Waals surface area contributed by atoms with Crippen LogP contribution in [0.1, 0.15) is 19.5 Å². The molecule has 0 aliphatic carbocycles. The lowest BCUT2D eigenvalue weighted by atomic mass is 10.3. The number of aromatic nitrogens is 2. The van der Waals surface area contributed by atoms with E-state index in [0.717, 1.165) is 34.7 Å². The van der Waals surface area contributed by atoms with Gasteiger partial charge in [-0.05, 0) is 19.9 Å². The van der Waals surface area contributed by atoms with Crippen molar-refractivity contribution in [2.45, 2.75) is 13.8 Å². The monoisotopic (exact) mass is 291 g/mol. The molecule has 0 spiro atoms. The molecule has 106 valence electrons. The van der Waals surface area contributed by atoms with Crippen LogP contribution in [0.5, 0.6) is 0 Å². The summed E-state index contributed by atoms with van der Waals surface area (Å²) in [6, 6.07) is 0. The summed E-state index contributed by atoms with van der Waals surface area (Å²) in [6.45, 7) is 9.42. The number of carbonyl (C=O) groups is 1. The van der Waals surface area contributed by atoms with E-state index in [1.165, 1.54) is 11.3 Å². The van der Waals surface area contributed by atoms with Gasteiger partial charge in [0.1, 0.15) is 0 Å². The van der Waals surface area contributed by atoms with Crippen LogP contribution in [0.15, 0.2) is 29.8 Å². The van der Waals surface area contributed by atoms with Gasteiger partial charge in [-0.15, -0.1) is 11.3 Å². The number of carboxylic acid groups (broad SMARTS) is 1. The van der Waals surface area contributed by atoms with E-state index in [4.69, 9.17) is 5.11 Å². The fourth-order valence-corrected chi connectivity index (χ4v) is 2.71. The van der Waals surface area contributed by atoms with Crippen molar-refractivity contribution >= 4 is 34.2 Å². The predicted octanol–water partition coefficient (Wildman–Crippen LogP) is 2.90. The highest BCUT2D eigenvalue weighted by atomic mass is 32.1. The van der Waals surface area contributed by atoms with Crippen LogP contribution < -0.4 is 4.90 Å². The number of imidazole rings is 1. The van der Waals surface area contributed by atoms with E-state index in [2.05, 4.69) is 16.5 Å². The highest BCUT2D eigenvalue weighted by Gasteiger charge is 2.16. The molecule has 20 heavy (non-hydrogen) atoms. The minimum absolute atomic E-state index is 0.704. The molecule has 0 aromatic carbocycles. The van der Waals surface area contributed by atoms with Gasteiger partial charge < -0.3 is 10.0 Å². The van der Waals surface area contributed by atoms with Gasteiger partial charge in [0.15, 0.2) is 10.8 Å². The first-order chi connectivity index (χ1) is 9.52. The van der Waals surface area contributed by atoms with E-state index in [-0.39, 0.29) is 0 Å². The highest BCUT2D eigenvalue weighted by Crippen LogP contribution is 2.26. The molecule has 5 nitrogen and oxygen atoms in total. The van der Waals surface area contributed by atoms with E-state index < -0.39 is 5.97 Å². The van der Waals surface area contributed by atoms with Crippen molar-refractivity contribution in [3.05, 3.63) is 35.5 Å². The molecule has 1 N–H and O–H groups in total. The van der Waals surface area contributed by atoms with Crippen LogP contribution in [-0.2, 0) is 4.79 Å². The summed E-state index contributed by atoms with van der Waals surface area (Å²) >= 11 is 1.52. The second-order valence-electron chi connectivity index (χ2n) is 4.52. The largest absolute Gasteiger partial charge is 0.478 e. The standard InChI is InChI=1S/C14H17N3O2S/c1-4-16(9-10(2)3)13-11(5-6-12(18)19)17-7-8-20-14(17)15-13/h5-8H,2,4,9H2,1,3H3,(H,18,19)/b6-5+. The minimum atomic E-state index is -0.968. The molecule has 2 aromatic heterocycles. The van der Waals surface area contributed by atoms with Crippen molar-refractivity contribution in [2.24, 2.45) is 0 Å². The number of aliphatic carboxylic acids is 1. The zero-order valence-electron chi connectivity index (χ0n) is 11.5. The number of nitrogens with zero attached hydrogens (tertiary/aromatic N) is 3. The molecular formula is C14H17N3O2S. The lowest BCUT2D eigenvalue weighted by Gasteiger charge is -2.21. The second kappa shape index (κ2) is 5.92. The molecule has 0 aliphatic rings. The molecular weight excluding hydrogens is 274 g/mol. The van der Waals surface area contributed by atoms with Gasteiger partial charge >= 0.3 is 5.97 Å². The first-order valence-corrected chi connectivity index (χ1v) is 7.16. The lowest BCUT2D eigenvalue weighted by molar-refractivity contribution is -0.131. The maximum Gasteiger partial charge on any atom is 0.328 e. The predicted molar refractivity (Wildman–Crippen MR) is 82.4 cm³/mol. The first kappa shape index (κ1) is 14.3. The van der Waals surface area contributed by atoms with Crippen LogP contribution in [0.2, 0.25) is 0 Å². The molecule has 0 bridgehead atoms. The zero-order valence-corrected chi connectivity index (χ0v) is 12.4. The van der Waals surface area contributed by atoms with Crippen molar-refractivity contribution in [1.82, 2.24) is 9.38 Å². The SMILES string of the molecule is C=C(C)CN(CC)c1nc2sccn2c1/C=C/C(=O)O. The van der Waals surface area contributed by atoms with Gasteiger partial charge in [0.05, 0.1) is 5.69 Å². The Balaban J connectivity index is 2.50. The molecule has 0 unspecified atom stereocenters. The van der Waals surface area contributed by atoms with E-state index in [1.54, 1.807) is 6.08 Å². The van der Waals surface area contributed by atoms with Crippen LogP contribution in [0.4, 0.5) is 5.82 Å². The Kier molecular flexibility index (Phi) is 4.24. The average Bonchev–Trinajstić information content (AvgIpc) is 2.93. The van der Waals surface area contributed by atoms with Crippen LogP contribution >= 0.6 is 11.3 Å². The Labute approximate surface area is 121 Å². The number of carboxylic acids is 1. The molecule has 0 fully saturated rings. The third kappa shape index (κ3) is 2.91. The number of thiazole rings is 1. The molecule has 0 saturated heterocycles. The molecule has 0 amide bonds. The number of fused-ring (bicyclic) bond motifs is 1. The first-order valence-electron chi connectivity index (χ1n) is 6.28. The summed E-state index contributed by atoms with van der Waals surface area (Å²) < 4.78 is 1.90. The molecule has 0 radical (unpaired) electrons. The number of hydrogen-bond acceptors (Lipinski definition) is 4. The fraction of sp³-hybridized carbons (Fsp3) is 0.286. The Morgan fingerprint density at radius 3 is 3.00 bits per heavy atom. The van der Waals surface area contributed by atoms with Gasteiger partial charge in [-0.25, -0.2) is 9.78 Å². The molecule has 0 aliphatic heterocycles. The number of likely N-dealkylation sites (N-methyl/N-ethyl adjacent to an activating group) is 1. The number of rotatable bonds is 6. The van der Waals surface area contributed by atoms with Crippen LogP contribution in [-0.4, -0.2) is 33.6 Å². The third-order valence-electron chi connectivity index (χ3n) is 2.81. The Bertz CT molecular complexity index is 669. The Morgan fingerprint density at radius 2 is 2.40 bits per heavy atom. The van der Waals surface area contributed by atoms with Gasteiger partial charge in [-0.2, -0.15) is 0 Å². The van der Waals surface area contributed by atoms with Gasteiger partial charge in [-0.1, -0.05) is 12.2 Å².